The molecule has 25 heavy (non-hydrogen) atoms. The van der Waals surface area contributed by atoms with E-state index >= 15 is 0 Å². The number of hydrogen-bond acceptors (Lipinski definition) is 5. The van der Waals surface area contributed by atoms with Crippen LogP contribution < -0.4 is 0 Å². The number of sulfonamides is 1. The fourth-order valence-corrected chi connectivity index (χ4v) is 6.83. The van der Waals surface area contributed by atoms with Gasteiger partial charge in [-0.15, -0.1) is 0 Å². The number of nitrogens with zero attached hydrogens (tertiary/aromatic N) is 1. The SMILES string of the molecule is Cc1ccc(S(=O)(=O)N(CCCC(=O)O)[C@@H]2CCS(=O)(=O)C2)c(C)c1. The highest BCUT2D eigenvalue weighted by atomic mass is 32.2. The highest BCUT2D eigenvalue weighted by Crippen LogP contribution is 2.27. The molecule has 0 radical (unpaired) electrons. The van der Waals surface area contributed by atoms with Gasteiger partial charge in [-0.2, -0.15) is 4.31 Å². The Kier molecular flexibility index (Phi) is 5.90. The van der Waals surface area contributed by atoms with Crippen molar-refractivity contribution >= 4 is 25.8 Å². The van der Waals surface area contributed by atoms with E-state index in [0.29, 0.717) is 5.56 Å². The zero-order valence-electron chi connectivity index (χ0n) is 14.3. The monoisotopic (exact) mass is 389 g/mol. The average molecular weight is 389 g/mol. The summed E-state index contributed by atoms with van der Waals surface area (Å²) in [5.74, 6) is -1.28. The highest BCUT2D eigenvalue weighted by molar-refractivity contribution is 7.92. The minimum Gasteiger partial charge on any atom is -0.481 e. The lowest BCUT2D eigenvalue weighted by atomic mass is 10.2. The van der Waals surface area contributed by atoms with Gasteiger partial charge in [0.15, 0.2) is 9.84 Å². The maximum Gasteiger partial charge on any atom is 0.303 e. The van der Waals surface area contributed by atoms with Crippen LogP contribution in [0, 0.1) is 13.8 Å². The van der Waals surface area contributed by atoms with E-state index in [-0.39, 0.29) is 42.2 Å². The molecule has 0 saturated carbocycles. The van der Waals surface area contributed by atoms with Crippen molar-refractivity contribution in [2.24, 2.45) is 0 Å². The van der Waals surface area contributed by atoms with E-state index < -0.39 is 31.9 Å². The normalized spacial score (nSPS) is 20.0. The van der Waals surface area contributed by atoms with E-state index in [9.17, 15) is 21.6 Å². The molecule has 0 aliphatic carbocycles. The van der Waals surface area contributed by atoms with Crippen molar-refractivity contribution in [2.75, 3.05) is 18.1 Å². The summed E-state index contributed by atoms with van der Waals surface area (Å²) in [6.07, 6.45) is 0.202. The first-order chi connectivity index (χ1) is 11.5. The number of aryl methyl sites for hydroxylation is 2. The molecule has 0 bridgehead atoms. The molecule has 1 aliphatic rings. The minimum atomic E-state index is -3.90. The summed E-state index contributed by atoms with van der Waals surface area (Å²) in [4.78, 5) is 10.9. The van der Waals surface area contributed by atoms with Crippen LogP contribution in [-0.4, -0.2) is 56.3 Å². The molecule has 1 atom stereocenters. The van der Waals surface area contributed by atoms with E-state index in [4.69, 9.17) is 5.11 Å². The Bertz CT molecular complexity index is 861. The molecule has 140 valence electrons. The van der Waals surface area contributed by atoms with Crippen LogP contribution in [0.3, 0.4) is 0 Å². The van der Waals surface area contributed by atoms with E-state index in [1.807, 2.05) is 6.92 Å². The van der Waals surface area contributed by atoms with Gasteiger partial charge in [0.25, 0.3) is 0 Å². The van der Waals surface area contributed by atoms with Crippen LogP contribution in [0.15, 0.2) is 23.1 Å². The Balaban J connectivity index is 2.37. The van der Waals surface area contributed by atoms with Crippen LogP contribution in [0.1, 0.15) is 30.4 Å². The Morgan fingerprint density at radius 1 is 1.32 bits per heavy atom. The summed E-state index contributed by atoms with van der Waals surface area (Å²) in [6.45, 7) is 3.54. The summed E-state index contributed by atoms with van der Waals surface area (Å²) < 4.78 is 51.0. The first kappa shape index (κ1) is 19.9. The zero-order chi connectivity index (χ0) is 18.8. The predicted octanol–water partition coefficient (Wildman–Crippen LogP) is 1.35. The van der Waals surface area contributed by atoms with E-state index in [1.165, 1.54) is 10.4 Å². The Hall–Kier alpha value is -1.45. The van der Waals surface area contributed by atoms with Crippen molar-refractivity contribution in [2.45, 2.75) is 44.0 Å². The van der Waals surface area contributed by atoms with Crippen LogP contribution in [0.25, 0.3) is 0 Å². The predicted molar refractivity (Wildman–Crippen MR) is 93.7 cm³/mol. The first-order valence-corrected chi connectivity index (χ1v) is 11.3. The van der Waals surface area contributed by atoms with Crippen molar-refractivity contribution in [3.8, 4) is 0 Å². The molecular formula is C16H23NO6S2. The summed E-state index contributed by atoms with van der Waals surface area (Å²) >= 11 is 0. The third kappa shape index (κ3) is 4.80. The second kappa shape index (κ2) is 7.43. The zero-order valence-corrected chi connectivity index (χ0v) is 15.9. The third-order valence-electron chi connectivity index (χ3n) is 4.30. The molecule has 7 nitrogen and oxygen atoms in total. The van der Waals surface area contributed by atoms with E-state index in [0.717, 1.165) is 5.56 Å². The second-order valence-corrected chi connectivity index (χ2v) is 10.5. The van der Waals surface area contributed by atoms with Crippen molar-refractivity contribution < 1.29 is 26.7 Å². The standard InChI is InChI=1S/C16H23NO6S2/c1-12-5-6-15(13(2)10-12)25(22,23)17(8-3-4-16(18)19)14-7-9-24(20,21)11-14/h5-6,10,14H,3-4,7-9,11H2,1-2H3,(H,18,19)/t14-/m1/s1. The number of carbonyl (C=O) groups is 1. The van der Waals surface area contributed by atoms with Crippen molar-refractivity contribution in [3.05, 3.63) is 29.3 Å². The molecule has 9 heteroatoms. The lowest BCUT2D eigenvalue weighted by Crippen LogP contribution is -2.42. The molecule has 1 aliphatic heterocycles. The molecule has 0 unspecified atom stereocenters. The molecule has 0 spiro atoms. The van der Waals surface area contributed by atoms with Crippen LogP contribution in [0.5, 0.6) is 0 Å². The largest absolute Gasteiger partial charge is 0.481 e. The third-order valence-corrected chi connectivity index (χ3v) is 8.16. The van der Waals surface area contributed by atoms with Crippen LogP contribution in [0.4, 0.5) is 0 Å². The van der Waals surface area contributed by atoms with Crippen LogP contribution in [-0.2, 0) is 24.7 Å². The van der Waals surface area contributed by atoms with Crippen molar-refractivity contribution in [1.29, 1.82) is 0 Å². The molecule has 0 aromatic heterocycles. The molecule has 1 saturated heterocycles. The summed E-state index contributed by atoms with van der Waals surface area (Å²) in [7, 11) is -7.17. The highest BCUT2D eigenvalue weighted by Gasteiger charge is 2.39. The maximum atomic E-state index is 13.1. The Labute approximate surface area is 148 Å². The number of aliphatic carboxylic acids is 1. The van der Waals surface area contributed by atoms with Crippen molar-refractivity contribution in [3.63, 3.8) is 0 Å². The lowest BCUT2D eigenvalue weighted by Gasteiger charge is -2.28. The van der Waals surface area contributed by atoms with Gasteiger partial charge in [-0.1, -0.05) is 17.7 Å². The minimum absolute atomic E-state index is 0.0118. The van der Waals surface area contributed by atoms with Gasteiger partial charge in [0.05, 0.1) is 16.4 Å². The number of carboxylic acids is 1. The first-order valence-electron chi connectivity index (χ1n) is 8.04. The summed E-state index contributed by atoms with van der Waals surface area (Å²) in [5.41, 5.74) is 1.52. The molecule has 0 amide bonds. The van der Waals surface area contributed by atoms with Gasteiger partial charge in [-0.05, 0) is 38.3 Å². The smallest absolute Gasteiger partial charge is 0.303 e. The topological polar surface area (TPSA) is 109 Å². The van der Waals surface area contributed by atoms with Gasteiger partial charge in [0.1, 0.15) is 0 Å². The van der Waals surface area contributed by atoms with Gasteiger partial charge >= 0.3 is 5.97 Å². The molecule has 1 N–H and O–H groups in total. The van der Waals surface area contributed by atoms with E-state index in [2.05, 4.69) is 0 Å². The number of sulfone groups is 1. The molecule has 2 rings (SSSR count). The summed E-state index contributed by atoms with van der Waals surface area (Å²) in [5, 5.41) is 8.81. The Morgan fingerprint density at radius 2 is 2.00 bits per heavy atom. The van der Waals surface area contributed by atoms with Crippen LogP contribution >= 0.6 is 0 Å². The maximum absolute atomic E-state index is 13.1. The number of carboxylic acid groups (broad SMARTS) is 1. The molecule has 1 fully saturated rings. The quantitative estimate of drug-likeness (QED) is 0.754. The fraction of sp³-hybridized carbons (Fsp3) is 0.562. The van der Waals surface area contributed by atoms with Crippen LogP contribution in [0.2, 0.25) is 0 Å². The fourth-order valence-electron chi connectivity index (χ4n) is 3.10. The molecular weight excluding hydrogens is 366 g/mol. The van der Waals surface area contributed by atoms with Gasteiger partial charge in [-0.3, -0.25) is 4.79 Å². The van der Waals surface area contributed by atoms with E-state index in [1.54, 1.807) is 19.1 Å². The Morgan fingerprint density at radius 3 is 2.52 bits per heavy atom. The summed E-state index contributed by atoms with van der Waals surface area (Å²) in [6, 6.07) is 4.33. The van der Waals surface area contributed by atoms with Gasteiger partial charge < -0.3 is 5.11 Å². The number of hydrogen-bond donors (Lipinski definition) is 1. The number of rotatable bonds is 7. The van der Waals surface area contributed by atoms with Gasteiger partial charge in [-0.25, -0.2) is 16.8 Å². The average Bonchev–Trinajstić information content (AvgIpc) is 2.82. The second-order valence-electron chi connectivity index (χ2n) is 6.44. The van der Waals surface area contributed by atoms with Gasteiger partial charge in [0, 0.05) is 19.0 Å². The number of benzene rings is 1. The lowest BCUT2D eigenvalue weighted by molar-refractivity contribution is -0.137. The molecule has 1 heterocycles. The molecule has 1 aromatic carbocycles. The van der Waals surface area contributed by atoms with Gasteiger partial charge in [0.2, 0.25) is 10.0 Å². The van der Waals surface area contributed by atoms with Crippen molar-refractivity contribution in [1.82, 2.24) is 4.31 Å². The molecule has 1 aromatic rings.